The maximum absolute atomic E-state index is 9.01. The molecule has 1 aromatic rings. The van der Waals surface area contributed by atoms with Crippen molar-refractivity contribution in [3.63, 3.8) is 0 Å². The van der Waals surface area contributed by atoms with Crippen LogP contribution < -0.4 is 5.32 Å². The first-order chi connectivity index (χ1) is 8.79. The van der Waals surface area contributed by atoms with Gasteiger partial charge in [-0.15, -0.1) is 0 Å². The molecule has 1 N–H and O–H groups in total. The highest BCUT2D eigenvalue weighted by Gasteiger charge is 2.32. The van der Waals surface area contributed by atoms with Gasteiger partial charge in [0.1, 0.15) is 11.2 Å². The molecule has 1 aliphatic carbocycles. The fourth-order valence-electron chi connectivity index (χ4n) is 3.00. The molecule has 0 saturated carbocycles. The second kappa shape index (κ2) is 4.72. The number of nitrogens with zero attached hydrogens (tertiary/aromatic N) is 2. The van der Waals surface area contributed by atoms with Crippen LogP contribution in [0.15, 0.2) is 18.3 Å². The molecule has 1 aliphatic heterocycles. The summed E-state index contributed by atoms with van der Waals surface area (Å²) in [6.07, 6.45) is 6.46. The molecule has 1 fully saturated rings. The maximum atomic E-state index is 9.01. The van der Waals surface area contributed by atoms with Crippen molar-refractivity contribution in [3.05, 3.63) is 34.6 Å². The van der Waals surface area contributed by atoms with Crippen LogP contribution in [0.25, 0.3) is 5.57 Å². The average Bonchev–Trinajstić information content (AvgIpc) is 2.83. The van der Waals surface area contributed by atoms with Gasteiger partial charge >= 0.3 is 0 Å². The molecule has 0 bridgehead atoms. The van der Waals surface area contributed by atoms with Crippen molar-refractivity contribution in [1.82, 2.24) is 10.3 Å². The Morgan fingerprint density at radius 2 is 2.39 bits per heavy atom. The summed E-state index contributed by atoms with van der Waals surface area (Å²) in [5.74, 6) is 1.32. The number of nitrogens with one attached hydrogen (secondary N) is 1. The van der Waals surface area contributed by atoms with Crippen LogP contribution in [-0.4, -0.2) is 18.1 Å². The van der Waals surface area contributed by atoms with Crippen LogP contribution in [0, 0.1) is 23.2 Å². The van der Waals surface area contributed by atoms with E-state index in [9.17, 15) is 0 Å². The molecule has 3 rings (SSSR count). The Morgan fingerprint density at radius 1 is 1.50 bits per heavy atom. The first-order valence-corrected chi connectivity index (χ1v) is 6.64. The molecule has 2 unspecified atom stereocenters. The van der Waals surface area contributed by atoms with E-state index in [1.165, 1.54) is 12.0 Å². The molecule has 18 heavy (non-hydrogen) atoms. The monoisotopic (exact) mass is 259 g/mol. The quantitative estimate of drug-likeness (QED) is 0.789. The average molecular weight is 260 g/mol. The minimum absolute atomic E-state index is 0.290. The number of halogens is 1. The number of hydrogen-bond donors (Lipinski definition) is 1. The van der Waals surface area contributed by atoms with E-state index in [-0.39, 0.29) is 5.15 Å². The van der Waals surface area contributed by atoms with Crippen LogP contribution in [0.5, 0.6) is 0 Å². The van der Waals surface area contributed by atoms with Crippen LogP contribution >= 0.6 is 11.6 Å². The lowest BCUT2D eigenvalue weighted by Gasteiger charge is -2.28. The van der Waals surface area contributed by atoms with E-state index >= 15 is 0 Å². The van der Waals surface area contributed by atoms with E-state index in [1.54, 1.807) is 6.20 Å². The summed E-state index contributed by atoms with van der Waals surface area (Å²) < 4.78 is 0. The van der Waals surface area contributed by atoms with Gasteiger partial charge in [0.15, 0.2) is 0 Å². The molecule has 0 spiro atoms. The number of aromatic nitrogens is 1. The summed E-state index contributed by atoms with van der Waals surface area (Å²) in [4.78, 5) is 4.11. The zero-order valence-electron chi connectivity index (χ0n) is 9.99. The highest BCUT2D eigenvalue weighted by atomic mass is 35.5. The SMILES string of the molecule is N#Cc1cc(C2=CCC3CCNCC23)cnc1Cl. The third-order valence-corrected chi connectivity index (χ3v) is 4.26. The molecule has 2 atom stereocenters. The highest BCUT2D eigenvalue weighted by molar-refractivity contribution is 6.30. The summed E-state index contributed by atoms with van der Waals surface area (Å²) in [6.45, 7) is 2.14. The third kappa shape index (κ3) is 1.92. The van der Waals surface area contributed by atoms with Gasteiger partial charge in [-0.25, -0.2) is 4.98 Å². The summed E-state index contributed by atoms with van der Waals surface area (Å²) >= 11 is 5.88. The van der Waals surface area contributed by atoms with E-state index in [2.05, 4.69) is 22.4 Å². The zero-order chi connectivity index (χ0) is 12.5. The topological polar surface area (TPSA) is 48.7 Å². The van der Waals surface area contributed by atoms with Crippen molar-refractivity contribution in [1.29, 1.82) is 5.26 Å². The molecule has 1 saturated heterocycles. The van der Waals surface area contributed by atoms with Gasteiger partial charge in [0, 0.05) is 12.7 Å². The second-order valence-electron chi connectivity index (χ2n) is 4.93. The fourth-order valence-corrected chi connectivity index (χ4v) is 3.15. The molecule has 3 nitrogen and oxygen atoms in total. The van der Waals surface area contributed by atoms with Crippen LogP contribution in [0.2, 0.25) is 5.15 Å². The standard InChI is InChI=1S/C14H14ClN3/c15-14-10(6-16)5-11(7-18-14)12-2-1-9-3-4-17-8-13(9)12/h2,5,7,9,13,17H,1,3-4,8H2. The molecule has 0 radical (unpaired) electrons. The summed E-state index contributed by atoms with van der Waals surface area (Å²) in [7, 11) is 0. The van der Waals surface area contributed by atoms with Crippen LogP contribution in [0.4, 0.5) is 0 Å². The lowest BCUT2D eigenvalue weighted by molar-refractivity contribution is 0.328. The molecule has 4 heteroatoms. The Labute approximate surface area is 111 Å². The van der Waals surface area contributed by atoms with Crippen molar-refractivity contribution >= 4 is 17.2 Å². The third-order valence-electron chi connectivity index (χ3n) is 3.96. The van der Waals surface area contributed by atoms with Gasteiger partial charge in [0.2, 0.25) is 0 Å². The number of piperidine rings is 1. The van der Waals surface area contributed by atoms with E-state index in [1.807, 2.05) is 6.07 Å². The Balaban J connectivity index is 1.94. The first kappa shape index (κ1) is 11.7. The van der Waals surface area contributed by atoms with E-state index < -0.39 is 0 Å². The van der Waals surface area contributed by atoms with Gasteiger partial charge < -0.3 is 5.32 Å². The molecule has 2 heterocycles. The van der Waals surface area contributed by atoms with Gasteiger partial charge in [-0.3, -0.25) is 0 Å². The van der Waals surface area contributed by atoms with E-state index in [0.29, 0.717) is 11.5 Å². The van der Waals surface area contributed by atoms with Crippen molar-refractivity contribution in [3.8, 4) is 6.07 Å². The smallest absolute Gasteiger partial charge is 0.146 e. The Bertz CT molecular complexity index is 544. The van der Waals surface area contributed by atoms with E-state index in [4.69, 9.17) is 16.9 Å². The number of hydrogen-bond acceptors (Lipinski definition) is 3. The lowest BCUT2D eigenvalue weighted by Crippen LogP contribution is -2.34. The molecule has 2 aliphatic rings. The molecule has 0 aromatic carbocycles. The van der Waals surface area contributed by atoms with Gasteiger partial charge in [-0.2, -0.15) is 5.26 Å². The van der Waals surface area contributed by atoms with Gasteiger partial charge in [-0.05, 0) is 48.4 Å². The molecular weight excluding hydrogens is 246 g/mol. The second-order valence-corrected chi connectivity index (χ2v) is 5.29. The highest BCUT2D eigenvalue weighted by Crippen LogP contribution is 2.41. The summed E-state index contributed by atoms with van der Waals surface area (Å²) in [5.41, 5.74) is 2.84. The lowest BCUT2D eigenvalue weighted by atomic mass is 9.84. The predicted molar refractivity (Wildman–Crippen MR) is 71.0 cm³/mol. The zero-order valence-corrected chi connectivity index (χ0v) is 10.7. The van der Waals surface area contributed by atoms with Crippen LogP contribution in [0.3, 0.4) is 0 Å². The Hall–Kier alpha value is -1.37. The number of fused-ring (bicyclic) bond motifs is 1. The van der Waals surface area contributed by atoms with Crippen LogP contribution in [-0.2, 0) is 0 Å². The maximum Gasteiger partial charge on any atom is 0.146 e. The molecule has 1 aromatic heterocycles. The first-order valence-electron chi connectivity index (χ1n) is 6.26. The van der Waals surface area contributed by atoms with Crippen molar-refractivity contribution in [2.75, 3.05) is 13.1 Å². The normalized spacial score (nSPS) is 26.3. The summed E-state index contributed by atoms with van der Waals surface area (Å²) in [5, 5.41) is 12.7. The fraction of sp³-hybridized carbons (Fsp3) is 0.429. The largest absolute Gasteiger partial charge is 0.316 e. The predicted octanol–water partition coefficient (Wildman–Crippen LogP) is 2.62. The minimum atomic E-state index is 0.290. The molecular formula is C14H14ClN3. The van der Waals surface area contributed by atoms with Crippen molar-refractivity contribution in [2.45, 2.75) is 12.8 Å². The van der Waals surface area contributed by atoms with Crippen LogP contribution in [0.1, 0.15) is 24.0 Å². The number of allylic oxidation sites excluding steroid dienone is 1. The number of rotatable bonds is 1. The van der Waals surface area contributed by atoms with Gasteiger partial charge in [0.05, 0.1) is 5.56 Å². The number of pyridine rings is 1. The Morgan fingerprint density at radius 3 is 3.22 bits per heavy atom. The van der Waals surface area contributed by atoms with Gasteiger partial charge in [0.25, 0.3) is 0 Å². The molecule has 0 amide bonds. The van der Waals surface area contributed by atoms with Crippen molar-refractivity contribution < 1.29 is 0 Å². The minimum Gasteiger partial charge on any atom is -0.316 e. The van der Waals surface area contributed by atoms with Crippen molar-refractivity contribution in [2.24, 2.45) is 11.8 Å². The summed E-state index contributed by atoms with van der Waals surface area (Å²) in [6, 6.07) is 3.95. The van der Waals surface area contributed by atoms with E-state index in [0.717, 1.165) is 31.0 Å². The molecule has 92 valence electrons. The Kier molecular flexibility index (Phi) is 3.07. The van der Waals surface area contributed by atoms with Gasteiger partial charge in [-0.1, -0.05) is 17.7 Å². The number of nitriles is 1.